The molecule has 1 aromatic rings. The van der Waals surface area contributed by atoms with Gasteiger partial charge in [-0.3, -0.25) is 9.63 Å². The highest BCUT2D eigenvalue weighted by Gasteiger charge is 2.55. The minimum absolute atomic E-state index is 0.0232. The van der Waals surface area contributed by atoms with Crippen LogP contribution >= 0.6 is 15.9 Å². The number of rotatable bonds is 2. The molecule has 130 valence electrons. The number of benzene rings is 1. The first-order valence-electron chi connectivity index (χ1n) is 7.85. The number of hydrogen-bond donors (Lipinski definition) is 2. The average Bonchev–Trinajstić information content (AvgIpc) is 2.71. The van der Waals surface area contributed by atoms with E-state index in [0.717, 1.165) is 15.6 Å². The van der Waals surface area contributed by atoms with Crippen molar-refractivity contribution in [2.24, 2.45) is 0 Å². The fourth-order valence-corrected chi connectivity index (χ4v) is 4.62. The monoisotopic (exact) mass is 396 g/mol. The van der Waals surface area contributed by atoms with E-state index in [2.05, 4.69) is 15.9 Å². The van der Waals surface area contributed by atoms with Gasteiger partial charge in [0.2, 0.25) is 0 Å². The van der Waals surface area contributed by atoms with Gasteiger partial charge < -0.3 is 10.3 Å². The highest BCUT2D eigenvalue weighted by atomic mass is 79.9. The van der Waals surface area contributed by atoms with Crippen molar-refractivity contribution in [3.05, 3.63) is 39.1 Å². The Morgan fingerprint density at radius 2 is 1.88 bits per heavy atom. The van der Waals surface area contributed by atoms with E-state index < -0.39 is 5.54 Å². The van der Waals surface area contributed by atoms with Crippen molar-refractivity contribution < 1.29 is 19.9 Å². The smallest absolute Gasteiger partial charge is 0.282 e. The summed E-state index contributed by atoms with van der Waals surface area (Å²) in [4.78, 5) is 18.3. The topological polar surface area (TPSA) is 73.2 Å². The van der Waals surface area contributed by atoms with Crippen LogP contribution in [0.25, 0.3) is 5.57 Å². The molecule has 0 atom stereocenters. The van der Waals surface area contributed by atoms with Crippen molar-refractivity contribution in [1.29, 1.82) is 0 Å². The molecule has 6 nitrogen and oxygen atoms in total. The van der Waals surface area contributed by atoms with Crippen LogP contribution in [0.5, 0.6) is 0 Å². The first kappa shape index (κ1) is 17.4. The van der Waals surface area contributed by atoms with E-state index in [1.54, 1.807) is 0 Å². The molecule has 2 aliphatic heterocycles. The summed E-state index contributed by atoms with van der Waals surface area (Å²) in [5.41, 5.74) is 2.02. The van der Waals surface area contributed by atoms with Gasteiger partial charge in [-0.25, -0.2) is 5.06 Å². The summed E-state index contributed by atoms with van der Waals surface area (Å²) in [7, 11) is 1.43. The standard InChI is InChI=1S/C17H21BrN2O4/c1-10-8-11(2)13(12(18)9-10)14-15(21)17(20(24-3)16(14)22)4-6-19(23)7-5-17/h8-9,21,23H,4-7H2,1-3H3. The van der Waals surface area contributed by atoms with Crippen molar-refractivity contribution in [1.82, 2.24) is 10.1 Å². The third-order valence-electron chi connectivity index (χ3n) is 4.90. The molecule has 0 bridgehead atoms. The Morgan fingerprint density at radius 3 is 2.42 bits per heavy atom. The maximum Gasteiger partial charge on any atom is 0.282 e. The number of piperidine rings is 1. The van der Waals surface area contributed by atoms with Crippen molar-refractivity contribution in [3.8, 4) is 0 Å². The molecule has 1 aromatic carbocycles. The quantitative estimate of drug-likeness (QED) is 0.803. The van der Waals surface area contributed by atoms with Gasteiger partial charge in [0, 0.05) is 23.1 Å². The number of carbonyl (C=O) groups excluding carboxylic acids is 1. The van der Waals surface area contributed by atoms with E-state index in [1.165, 1.54) is 17.2 Å². The highest BCUT2D eigenvalue weighted by molar-refractivity contribution is 9.10. The van der Waals surface area contributed by atoms with Crippen molar-refractivity contribution in [2.75, 3.05) is 20.2 Å². The number of carbonyl (C=O) groups is 1. The van der Waals surface area contributed by atoms with Gasteiger partial charge in [0.15, 0.2) is 0 Å². The number of nitrogens with zero attached hydrogens (tertiary/aromatic N) is 2. The minimum Gasteiger partial charge on any atom is -0.509 e. The Kier molecular flexibility index (Phi) is 4.46. The Bertz CT molecular complexity index is 700. The Hall–Kier alpha value is -1.41. The van der Waals surface area contributed by atoms with E-state index in [0.29, 0.717) is 31.5 Å². The van der Waals surface area contributed by atoms with Gasteiger partial charge in [-0.15, -0.1) is 0 Å². The largest absolute Gasteiger partial charge is 0.509 e. The molecule has 0 radical (unpaired) electrons. The van der Waals surface area contributed by atoms with E-state index in [9.17, 15) is 15.1 Å². The normalized spacial score (nSPS) is 21.2. The second kappa shape index (κ2) is 6.15. The lowest BCUT2D eigenvalue weighted by Gasteiger charge is -2.41. The van der Waals surface area contributed by atoms with E-state index in [1.807, 2.05) is 26.0 Å². The van der Waals surface area contributed by atoms with Crippen molar-refractivity contribution in [2.45, 2.75) is 32.2 Å². The van der Waals surface area contributed by atoms with E-state index in [4.69, 9.17) is 4.84 Å². The molecule has 24 heavy (non-hydrogen) atoms. The lowest BCUT2D eigenvalue weighted by molar-refractivity contribution is -0.215. The number of halogens is 1. The molecule has 2 aliphatic rings. The molecule has 1 spiro atoms. The number of hydroxylamine groups is 4. The maximum absolute atomic E-state index is 13.0. The summed E-state index contributed by atoms with van der Waals surface area (Å²) in [6.45, 7) is 4.61. The van der Waals surface area contributed by atoms with Crippen molar-refractivity contribution in [3.63, 3.8) is 0 Å². The highest BCUT2D eigenvalue weighted by Crippen LogP contribution is 2.46. The minimum atomic E-state index is -0.919. The van der Waals surface area contributed by atoms with Gasteiger partial charge in [-0.05, 0) is 43.9 Å². The predicted molar refractivity (Wildman–Crippen MR) is 92.3 cm³/mol. The average molecular weight is 397 g/mol. The molecule has 0 aliphatic carbocycles. The molecule has 2 N–H and O–H groups in total. The van der Waals surface area contributed by atoms with Crippen LogP contribution in [0, 0.1) is 13.8 Å². The molecule has 2 heterocycles. The third-order valence-corrected chi connectivity index (χ3v) is 5.52. The molecule has 1 fully saturated rings. The molecule has 1 amide bonds. The Balaban J connectivity index is 2.17. The van der Waals surface area contributed by atoms with Crippen LogP contribution in [0.2, 0.25) is 0 Å². The van der Waals surface area contributed by atoms with E-state index in [-0.39, 0.29) is 17.2 Å². The second-order valence-electron chi connectivity index (χ2n) is 6.43. The summed E-state index contributed by atoms with van der Waals surface area (Å²) in [6, 6.07) is 3.90. The first-order valence-corrected chi connectivity index (χ1v) is 8.64. The zero-order chi connectivity index (χ0) is 17.6. The fourth-order valence-electron chi connectivity index (χ4n) is 3.75. The van der Waals surface area contributed by atoms with Crippen LogP contribution in [-0.2, 0) is 9.63 Å². The summed E-state index contributed by atoms with van der Waals surface area (Å²) in [5, 5.41) is 23.1. The number of aliphatic hydroxyl groups is 1. The SMILES string of the molecule is CON1C(=O)C(c2c(C)cc(C)cc2Br)=C(O)C12CCN(O)CC2. The van der Waals surface area contributed by atoms with Crippen LogP contribution in [0.1, 0.15) is 29.5 Å². The molecule has 0 aromatic heterocycles. The van der Waals surface area contributed by atoms with Crippen LogP contribution in [0.15, 0.2) is 22.4 Å². The van der Waals surface area contributed by atoms with Gasteiger partial charge in [0.1, 0.15) is 11.3 Å². The van der Waals surface area contributed by atoms with Gasteiger partial charge in [0.25, 0.3) is 5.91 Å². The van der Waals surface area contributed by atoms with Gasteiger partial charge in [0.05, 0.1) is 12.7 Å². The van der Waals surface area contributed by atoms with Crippen molar-refractivity contribution >= 4 is 27.4 Å². The second-order valence-corrected chi connectivity index (χ2v) is 7.28. The summed E-state index contributed by atoms with van der Waals surface area (Å²) < 4.78 is 0.766. The summed E-state index contributed by atoms with van der Waals surface area (Å²) >= 11 is 3.52. The molecular formula is C17H21BrN2O4. The van der Waals surface area contributed by atoms with Crippen LogP contribution in [0.4, 0.5) is 0 Å². The zero-order valence-corrected chi connectivity index (χ0v) is 15.6. The lowest BCUT2D eigenvalue weighted by Crippen LogP contribution is -2.54. The maximum atomic E-state index is 13.0. The Morgan fingerprint density at radius 1 is 1.25 bits per heavy atom. The number of hydrogen-bond acceptors (Lipinski definition) is 5. The zero-order valence-electron chi connectivity index (χ0n) is 14.0. The lowest BCUT2D eigenvalue weighted by atomic mass is 9.85. The molecule has 0 saturated carbocycles. The molecular weight excluding hydrogens is 376 g/mol. The summed E-state index contributed by atoms with van der Waals surface area (Å²) in [5.74, 6) is -0.329. The molecule has 1 saturated heterocycles. The van der Waals surface area contributed by atoms with Crippen LogP contribution in [0.3, 0.4) is 0 Å². The number of amides is 1. The predicted octanol–water partition coefficient (Wildman–Crippen LogP) is 2.96. The van der Waals surface area contributed by atoms with E-state index >= 15 is 0 Å². The van der Waals surface area contributed by atoms with Gasteiger partial charge in [-0.1, -0.05) is 22.0 Å². The van der Waals surface area contributed by atoms with Crippen LogP contribution < -0.4 is 0 Å². The van der Waals surface area contributed by atoms with Crippen LogP contribution in [-0.4, -0.2) is 52.1 Å². The summed E-state index contributed by atoms with van der Waals surface area (Å²) in [6.07, 6.45) is 0.807. The van der Waals surface area contributed by atoms with Gasteiger partial charge >= 0.3 is 0 Å². The van der Waals surface area contributed by atoms with Gasteiger partial charge in [-0.2, -0.15) is 5.06 Å². The number of aryl methyl sites for hydroxylation is 2. The molecule has 0 unspecified atom stereocenters. The Labute approximate surface area is 149 Å². The molecule has 3 rings (SSSR count). The number of aliphatic hydroxyl groups excluding tert-OH is 1. The third kappa shape index (κ3) is 2.47. The first-order chi connectivity index (χ1) is 11.3. The fraction of sp³-hybridized carbons (Fsp3) is 0.471. The molecule has 7 heteroatoms.